The van der Waals surface area contributed by atoms with Crippen LogP contribution in [-0.2, 0) is 0 Å². The molecule has 2 N–H and O–H groups in total. The fraction of sp³-hybridized carbons (Fsp3) is 1.00. The molecule has 1 aliphatic carbocycles. The minimum Gasteiger partial charge on any atom is -0.330 e. The number of hydrogen-bond acceptors (Lipinski definition) is 2. The van der Waals surface area contributed by atoms with Gasteiger partial charge in [0.05, 0.1) is 0 Å². The van der Waals surface area contributed by atoms with Gasteiger partial charge in [0, 0.05) is 6.04 Å². The van der Waals surface area contributed by atoms with E-state index in [-0.39, 0.29) is 0 Å². The van der Waals surface area contributed by atoms with Gasteiger partial charge in [0.25, 0.3) is 0 Å². The molecule has 0 bridgehead atoms. The van der Waals surface area contributed by atoms with E-state index in [1.54, 1.807) is 0 Å². The average Bonchev–Trinajstić information content (AvgIpc) is 2.39. The summed E-state index contributed by atoms with van der Waals surface area (Å²) in [6.45, 7) is 8.30. The van der Waals surface area contributed by atoms with E-state index in [4.69, 9.17) is 5.73 Å². The first-order valence-corrected chi connectivity index (χ1v) is 7.68. The van der Waals surface area contributed by atoms with Crippen molar-refractivity contribution in [3.05, 3.63) is 0 Å². The third kappa shape index (κ3) is 3.23. The van der Waals surface area contributed by atoms with E-state index < -0.39 is 0 Å². The molecule has 1 aliphatic heterocycles. The molecule has 100 valence electrons. The Hall–Kier alpha value is -0.0800. The molecule has 0 aromatic heterocycles. The third-order valence-electron chi connectivity index (χ3n) is 5.22. The largest absolute Gasteiger partial charge is 0.330 e. The van der Waals surface area contributed by atoms with Gasteiger partial charge < -0.3 is 10.6 Å². The standard InChI is InChI=1S/C15H30N2/c1-3-13-6-8-17(9-7-13)15-10-12(2)4-5-14(15)11-16/h12-15H,3-11,16H2,1-2H3. The van der Waals surface area contributed by atoms with Gasteiger partial charge in [-0.3, -0.25) is 0 Å². The van der Waals surface area contributed by atoms with Crippen LogP contribution in [0.1, 0.15) is 52.4 Å². The molecular formula is C15H30N2. The maximum atomic E-state index is 5.97. The van der Waals surface area contributed by atoms with Crippen molar-refractivity contribution in [3.63, 3.8) is 0 Å². The first kappa shape index (κ1) is 13.4. The summed E-state index contributed by atoms with van der Waals surface area (Å²) in [5.74, 6) is 2.67. The van der Waals surface area contributed by atoms with Gasteiger partial charge in [0.1, 0.15) is 0 Å². The lowest BCUT2D eigenvalue weighted by Gasteiger charge is -2.44. The van der Waals surface area contributed by atoms with Gasteiger partial charge in [-0.25, -0.2) is 0 Å². The number of rotatable bonds is 3. The highest BCUT2D eigenvalue weighted by molar-refractivity contribution is 4.88. The Morgan fingerprint density at radius 2 is 1.82 bits per heavy atom. The summed E-state index contributed by atoms with van der Waals surface area (Å²) < 4.78 is 0. The van der Waals surface area contributed by atoms with Gasteiger partial charge >= 0.3 is 0 Å². The van der Waals surface area contributed by atoms with Crippen molar-refractivity contribution in [2.24, 2.45) is 23.5 Å². The minimum atomic E-state index is 0.768. The number of likely N-dealkylation sites (tertiary alicyclic amines) is 1. The number of nitrogens with two attached hydrogens (primary N) is 1. The Labute approximate surface area is 107 Å². The molecule has 0 radical (unpaired) electrons. The Bertz CT molecular complexity index is 221. The van der Waals surface area contributed by atoms with E-state index >= 15 is 0 Å². The molecule has 0 spiro atoms. The van der Waals surface area contributed by atoms with Crippen LogP contribution in [0.2, 0.25) is 0 Å². The van der Waals surface area contributed by atoms with E-state index in [1.807, 2.05) is 0 Å². The molecule has 0 amide bonds. The van der Waals surface area contributed by atoms with E-state index in [0.717, 1.165) is 30.3 Å². The minimum absolute atomic E-state index is 0.768. The maximum absolute atomic E-state index is 5.97. The molecule has 1 heterocycles. The van der Waals surface area contributed by atoms with E-state index in [0.29, 0.717) is 0 Å². The van der Waals surface area contributed by atoms with Gasteiger partial charge in [0.15, 0.2) is 0 Å². The van der Waals surface area contributed by atoms with E-state index in [9.17, 15) is 0 Å². The molecule has 2 aliphatic rings. The molecular weight excluding hydrogens is 208 g/mol. The summed E-state index contributed by atoms with van der Waals surface area (Å²) in [4.78, 5) is 2.76. The van der Waals surface area contributed by atoms with Crippen molar-refractivity contribution in [2.75, 3.05) is 19.6 Å². The van der Waals surface area contributed by atoms with E-state index in [1.165, 1.54) is 51.6 Å². The van der Waals surface area contributed by atoms with Gasteiger partial charge in [-0.05, 0) is 63.1 Å². The molecule has 2 rings (SSSR count). The maximum Gasteiger partial charge on any atom is 0.0138 e. The van der Waals surface area contributed by atoms with Crippen LogP contribution in [0.4, 0.5) is 0 Å². The predicted octanol–water partition coefficient (Wildman–Crippen LogP) is 2.87. The molecule has 0 aromatic carbocycles. The summed E-state index contributed by atoms with van der Waals surface area (Å²) >= 11 is 0. The summed E-state index contributed by atoms with van der Waals surface area (Å²) in [5, 5.41) is 0. The summed E-state index contributed by atoms with van der Waals surface area (Å²) in [6.07, 6.45) is 8.34. The monoisotopic (exact) mass is 238 g/mol. The van der Waals surface area contributed by atoms with Crippen LogP contribution in [0.5, 0.6) is 0 Å². The smallest absolute Gasteiger partial charge is 0.0138 e. The van der Waals surface area contributed by atoms with Crippen LogP contribution in [0, 0.1) is 17.8 Å². The fourth-order valence-electron chi connectivity index (χ4n) is 3.83. The van der Waals surface area contributed by atoms with Crippen molar-refractivity contribution in [3.8, 4) is 0 Å². The zero-order chi connectivity index (χ0) is 12.3. The van der Waals surface area contributed by atoms with Gasteiger partial charge in [-0.15, -0.1) is 0 Å². The molecule has 1 saturated carbocycles. The summed E-state index contributed by atoms with van der Waals surface area (Å²) in [7, 11) is 0. The molecule has 17 heavy (non-hydrogen) atoms. The third-order valence-corrected chi connectivity index (χ3v) is 5.22. The van der Waals surface area contributed by atoms with Crippen LogP contribution in [-0.4, -0.2) is 30.6 Å². The second-order valence-corrected chi connectivity index (χ2v) is 6.37. The zero-order valence-corrected chi connectivity index (χ0v) is 11.7. The Morgan fingerprint density at radius 3 is 2.41 bits per heavy atom. The normalized spacial score (nSPS) is 37.2. The molecule has 0 aromatic rings. The van der Waals surface area contributed by atoms with Gasteiger partial charge in [0.2, 0.25) is 0 Å². The topological polar surface area (TPSA) is 29.3 Å². The quantitative estimate of drug-likeness (QED) is 0.819. The van der Waals surface area contributed by atoms with Gasteiger partial charge in [-0.1, -0.05) is 26.7 Å². The highest BCUT2D eigenvalue weighted by Gasteiger charge is 2.33. The van der Waals surface area contributed by atoms with Crippen LogP contribution in [0.3, 0.4) is 0 Å². The lowest BCUT2D eigenvalue weighted by Crippen LogP contribution is -2.49. The highest BCUT2D eigenvalue weighted by Crippen LogP contribution is 2.34. The second-order valence-electron chi connectivity index (χ2n) is 6.37. The number of hydrogen-bond donors (Lipinski definition) is 1. The molecule has 2 heteroatoms. The van der Waals surface area contributed by atoms with Crippen LogP contribution in [0.25, 0.3) is 0 Å². The lowest BCUT2D eigenvalue weighted by atomic mass is 9.77. The molecule has 1 saturated heterocycles. The first-order valence-electron chi connectivity index (χ1n) is 7.68. The zero-order valence-electron chi connectivity index (χ0n) is 11.7. The first-order chi connectivity index (χ1) is 8.24. The van der Waals surface area contributed by atoms with Crippen molar-refractivity contribution in [1.82, 2.24) is 4.90 Å². The van der Waals surface area contributed by atoms with Crippen molar-refractivity contribution in [1.29, 1.82) is 0 Å². The van der Waals surface area contributed by atoms with Crippen LogP contribution < -0.4 is 5.73 Å². The fourth-order valence-corrected chi connectivity index (χ4v) is 3.83. The van der Waals surface area contributed by atoms with Crippen molar-refractivity contribution >= 4 is 0 Å². The SMILES string of the molecule is CCC1CCN(C2CC(C)CCC2CN)CC1. The van der Waals surface area contributed by atoms with Crippen LogP contribution in [0.15, 0.2) is 0 Å². The summed E-state index contributed by atoms with van der Waals surface area (Å²) in [5.41, 5.74) is 5.97. The predicted molar refractivity (Wildman–Crippen MR) is 73.9 cm³/mol. The van der Waals surface area contributed by atoms with Crippen molar-refractivity contribution < 1.29 is 0 Å². The average molecular weight is 238 g/mol. The Morgan fingerprint density at radius 1 is 1.12 bits per heavy atom. The lowest BCUT2D eigenvalue weighted by molar-refractivity contribution is 0.0552. The van der Waals surface area contributed by atoms with Gasteiger partial charge in [-0.2, -0.15) is 0 Å². The molecule has 3 atom stereocenters. The molecule has 3 unspecified atom stereocenters. The number of nitrogens with zero attached hydrogens (tertiary/aromatic N) is 1. The Kier molecular flexibility index (Phi) is 4.87. The van der Waals surface area contributed by atoms with Crippen LogP contribution >= 0.6 is 0 Å². The highest BCUT2D eigenvalue weighted by atomic mass is 15.2. The molecule has 2 fully saturated rings. The second kappa shape index (κ2) is 6.19. The van der Waals surface area contributed by atoms with E-state index in [2.05, 4.69) is 18.7 Å². The number of piperidine rings is 1. The van der Waals surface area contributed by atoms with Crippen molar-refractivity contribution in [2.45, 2.75) is 58.4 Å². The molecule has 2 nitrogen and oxygen atoms in total. The summed E-state index contributed by atoms with van der Waals surface area (Å²) in [6, 6.07) is 0.793. The Balaban J connectivity index is 1.90.